The van der Waals surface area contributed by atoms with Gasteiger partial charge in [-0.1, -0.05) is 37.3 Å². The van der Waals surface area contributed by atoms with Gasteiger partial charge < -0.3 is 15.0 Å². The topological polar surface area (TPSA) is 41.6 Å². The average Bonchev–Trinajstić information content (AvgIpc) is 2.45. The van der Waals surface area contributed by atoms with Gasteiger partial charge in [0.2, 0.25) is 5.91 Å². The molecule has 2 aliphatic heterocycles. The normalized spacial score (nSPS) is 28.0. The summed E-state index contributed by atoms with van der Waals surface area (Å²) >= 11 is 0. The summed E-state index contributed by atoms with van der Waals surface area (Å²) in [6.45, 7) is 7.41. The molecule has 2 heterocycles. The van der Waals surface area contributed by atoms with Gasteiger partial charge in [-0.05, 0) is 31.5 Å². The fourth-order valence-electron chi connectivity index (χ4n) is 3.14. The molecular formula is C17H24N2O2. The van der Waals surface area contributed by atoms with Gasteiger partial charge in [0.25, 0.3) is 0 Å². The van der Waals surface area contributed by atoms with Crippen LogP contribution in [0.25, 0.3) is 0 Å². The Morgan fingerprint density at radius 2 is 2.00 bits per heavy atom. The Bertz CT molecular complexity index is 487. The molecule has 4 nitrogen and oxygen atoms in total. The molecule has 4 heteroatoms. The molecule has 21 heavy (non-hydrogen) atoms. The number of benzene rings is 1. The van der Waals surface area contributed by atoms with Crippen molar-refractivity contribution in [2.24, 2.45) is 11.8 Å². The monoisotopic (exact) mass is 288 g/mol. The lowest BCUT2D eigenvalue weighted by molar-refractivity contribution is -0.150. The van der Waals surface area contributed by atoms with E-state index in [0.29, 0.717) is 19.0 Å². The third-order valence-corrected chi connectivity index (χ3v) is 4.65. The quantitative estimate of drug-likeness (QED) is 0.922. The summed E-state index contributed by atoms with van der Waals surface area (Å²) in [6, 6.07) is 10.2. The molecule has 1 aromatic carbocycles. The molecule has 0 spiro atoms. The maximum Gasteiger partial charge on any atom is 0.225 e. The van der Waals surface area contributed by atoms with Crippen molar-refractivity contribution in [2.45, 2.75) is 26.1 Å². The van der Waals surface area contributed by atoms with E-state index in [1.807, 2.05) is 30.0 Å². The van der Waals surface area contributed by atoms with Gasteiger partial charge in [0.15, 0.2) is 0 Å². The molecule has 2 fully saturated rings. The maximum atomic E-state index is 12.7. The standard InChI is InChI=1S/C17H24N2O2/c1-12-10-19(17(20)13(2)15-8-18-9-15)11-16(21-12)14-6-4-3-5-7-14/h3-7,12-13,15-16,18H,8-11H2,1-2H3. The van der Waals surface area contributed by atoms with E-state index >= 15 is 0 Å². The Kier molecular flexibility index (Phi) is 4.27. The van der Waals surface area contributed by atoms with Crippen LogP contribution in [-0.2, 0) is 9.53 Å². The van der Waals surface area contributed by atoms with E-state index in [-0.39, 0.29) is 24.0 Å². The van der Waals surface area contributed by atoms with Crippen LogP contribution < -0.4 is 5.32 Å². The number of carbonyl (C=O) groups excluding carboxylic acids is 1. The predicted molar refractivity (Wildman–Crippen MR) is 81.8 cm³/mol. The third-order valence-electron chi connectivity index (χ3n) is 4.65. The minimum atomic E-state index is -0.00869. The van der Waals surface area contributed by atoms with Crippen LogP contribution in [-0.4, -0.2) is 43.1 Å². The lowest BCUT2D eigenvalue weighted by Crippen LogP contribution is -2.53. The van der Waals surface area contributed by atoms with Gasteiger partial charge in [-0.25, -0.2) is 0 Å². The average molecular weight is 288 g/mol. The molecule has 0 saturated carbocycles. The first-order valence-electron chi connectivity index (χ1n) is 7.85. The van der Waals surface area contributed by atoms with Crippen LogP contribution >= 0.6 is 0 Å². The SMILES string of the molecule is CC1CN(C(=O)C(C)C2CNC2)CC(c2ccccc2)O1. The zero-order chi connectivity index (χ0) is 14.8. The second kappa shape index (κ2) is 6.16. The fraction of sp³-hybridized carbons (Fsp3) is 0.588. The van der Waals surface area contributed by atoms with Gasteiger partial charge in [-0.2, -0.15) is 0 Å². The molecule has 0 radical (unpaired) electrons. The van der Waals surface area contributed by atoms with Crippen LogP contribution in [0.5, 0.6) is 0 Å². The molecule has 2 saturated heterocycles. The second-order valence-corrected chi connectivity index (χ2v) is 6.30. The van der Waals surface area contributed by atoms with E-state index in [9.17, 15) is 4.79 Å². The van der Waals surface area contributed by atoms with E-state index < -0.39 is 0 Å². The van der Waals surface area contributed by atoms with Crippen molar-refractivity contribution in [2.75, 3.05) is 26.2 Å². The highest BCUT2D eigenvalue weighted by atomic mass is 16.5. The van der Waals surface area contributed by atoms with Crippen molar-refractivity contribution < 1.29 is 9.53 Å². The Morgan fingerprint density at radius 1 is 1.29 bits per heavy atom. The number of carbonyl (C=O) groups is 1. The summed E-state index contributed by atoms with van der Waals surface area (Å²) in [7, 11) is 0. The summed E-state index contributed by atoms with van der Waals surface area (Å²) in [4.78, 5) is 14.7. The van der Waals surface area contributed by atoms with Crippen molar-refractivity contribution in [3.05, 3.63) is 35.9 Å². The first-order valence-corrected chi connectivity index (χ1v) is 7.85. The maximum absolute atomic E-state index is 12.7. The fourth-order valence-corrected chi connectivity index (χ4v) is 3.14. The second-order valence-electron chi connectivity index (χ2n) is 6.30. The lowest BCUT2D eigenvalue weighted by atomic mass is 9.87. The summed E-state index contributed by atoms with van der Waals surface area (Å²) in [5, 5.41) is 3.25. The highest BCUT2D eigenvalue weighted by Crippen LogP contribution is 2.27. The minimum absolute atomic E-state index is 0.00869. The molecule has 3 atom stereocenters. The van der Waals surface area contributed by atoms with Gasteiger partial charge in [0, 0.05) is 12.5 Å². The van der Waals surface area contributed by atoms with E-state index in [1.54, 1.807) is 0 Å². The predicted octanol–water partition coefficient (Wildman–Crippen LogP) is 1.83. The molecule has 0 aromatic heterocycles. The van der Waals surface area contributed by atoms with Crippen molar-refractivity contribution in [1.29, 1.82) is 0 Å². The lowest BCUT2D eigenvalue weighted by Gasteiger charge is -2.40. The zero-order valence-corrected chi connectivity index (χ0v) is 12.8. The van der Waals surface area contributed by atoms with Crippen molar-refractivity contribution in [1.82, 2.24) is 10.2 Å². The van der Waals surface area contributed by atoms with Crippen molar-refractivity contribution in [3.8, 4) is 0 Å². The van der Waals surface area contributed by atoms with Crippen LogP contribution in [0.2, 0.25) is 0 Å². The molecule has 0 bridgehead atoms. The number of nitrogens with one attached hydrogen (secondary N) is 1. The number of ether oxygens (including phenoxy) is 1. The zero-order valence-electron chi connectivity index (χ0n) is 12.8. The minimum Gasteiger partial charge on any atom is -0.367 e. The Labute approximate surface area is 126 Å². The van der Waals surface area contributed by atoms with Gasteiger partial charge in [-0.3, -0.25) is 4.79 Å². The highest BCUT2D eigenvalue weighted by Gasteiger charge is 2.35. The summed E-state index contributed by atoms with van der Waals surface area (Å²) in [5.41, 5.74) is 1.15. The van der Waals surface area contributed by atoms with E-state index in [4.69, 9.17) is 4.74 Å². The van der Waals surface area contributed by atoms with E-state index in [0.717, 1.165) is 18.7 Å². The number of rotatable bonds is 3. The van der Waals surface area contributed by atoms with Crippen LogP contribution in [0, 0.1) is 11.8 Å². The smallest absolute Gasteiger partial charge is 0.225 e. The Morgan fingerprint density at radius 3 is 2.62 bits per heavy atom. The van der Waals surface area contributed by atoms with Crippen molar-refractivity contribution >= 4 is 5.91 Å². The molecule has 3 rings (SSSR count). The molecule has 0 aliphatic carbocycles. The molecule has 1 N–H and O–H groups in total. The third kappa shape index (κ3) is 3.11. The van der Waals surface area contributed by atoms with E-state index in [1.165, 1.54) is 0 Å². The Hall–Kier alpha value is -1.39. The van der Waals surface area contributed by atoms with Crippen molar-refractivity contribution in [3.63, 3.8) is 0 Å². The highest BCUT2D eigenvalue weighted by molar-refractivity contribution is 5.79. The number of hydrogen-bond donors (Lipinski definition) is 1. The number of hydrogen-bond acceptors (Lipinski definition) is 3. The van der Waals surface area contributed by atoms with Gasteiger partial charge in [0.05, 0.1) is 12.6 Å². The number of nitrogens with zero attached hydrogens (tertiary/aromatic N) is 1. The Balaban J connectivity index is 1.69. The van der Waals surface area contributed by atoms with Crippen LogP contribution in [0.15, 0.2) is 30.3 Å². The summed E-state index contributed by atoms with van der Waals surface area (Å²) in [6.07, 6.45) is 0.0743. The van der Waals surface area contributed by atoms with E-state index in [2.05, 4.69) is 24.4 Å². The summed E-state index contributed by atoms with van der Waals surface area (Å²) < 4.78 is 6.03. The van der Waals surface area contributed by atoms with Crippen LogP contribution in [0.4, 0.5) is 0 Å². The molecule has 2 aliphatic rings. The number of morpholine rings is 1. The molecule has 1 amide bonds. The molecule has 1 aromatic rings. The molecule has 3 unspecified atom stereocenters. The van der Waals surface area contributed by atoms with Gasteiger partial charge in [0.1, 0.15) is 6.10 Å². The summed E-state index contributed by atoms with van der Waals surface area (Å²) in [5.74, 6) is 0.872. The molecular weight excluding hydrogens is 264 g/mol. The van der Waals surface area contributed by atoms with Gasteiger partial charge in [-0.15, -0.1) is 0 Å². The van der Waals surface area contributed by atoms with Crippen LogP contribution in [0.1, 0.15) is 25.5 Å². The largest absolute Gasteiger partial charge is 0.367 e. The van der Waals surface area contributed by atoms with Gasteiger partial charge >= 0.3 is 0 Å². The first-order chi connectivity index (χ1) is 10.1. The molecule has 114 valence electrons. The number of amides is 1. The van der Waals surface area contributed by atoms with Crippen LogP contribution in [0.3, 0.4) is 0 Å². The first kappa shape index (κ1) is 14.5.